The van der Waals surface area contributed by atoms with E-state index in [9.17, 15) is 36.1 Å². The van der Waals surface area contributed by atoms with Gasteiger partial charge in [0.05, 0.1) is 9.82 Å². The molecule has 0 amide bonds. The van der Waals surface area contributed by atoms with Gasteiger partial charge in [-0.05, 0) is 6.07 Å². The van der Waals surface area contributed by atoms with Crippen molar-refractivity contribution >= 4 is 15.7 Å². The van der Waals surface area contributed by atoms with Crippen LogP contribution < -0.4 is 4.72 Å². The highest BCUT2D eigenvalue weighted by molar-refractivity contribution is 7.89. The van der Waals surface area contributed by atoms with Gasteiger partial charge in [0.2, 0.25) is 15.8 Å². The Morgan fingerprint density at radius 1 is 1.38 bits per heavy atom. The van der Waals surface area contributed by atoms with Crippen molar-refractivity contribution in [3.05, 3.63) is 34.1 Å². The lowest BCUT2D eigenvalue weighted by molar-refractivity contribution is -0.387. The smallest absolute Gasteiger partial charge is 0.382 e. The molecule has 1 atom stereocenters. The van der Waals surface area contributed by atoms with E-state index in [4.69, 9.17) is 5.11 Å². The zero-order valence-electron chi connectivity index (χ0n) is 9.96. The molecule has 12 heteroatoms. The molecule has 0 aliphatic rings. The van der Waals surface area contributed by atoms with Crippen molar-refractivity contribution in [3.8, 4) is 0 Å². The molecular formula is C9H8F4N2O5S. The largest absolute Gasteiger partial charge is 0.415 e. The van der Waals surface area contributed by atoms with Gasteiger partial charge in [0.15, 0.2) is 6.10 Å². The minimum Gasteiger partial charge on any atom is -0.382 e. The van der Waals surface area contributed by atoms with Gasteiger partial charge < -0.3 is 5.11 Å². The lowest BCUT2D eigenvalue weighted by Crippen LogP contribution is -2.40. The third kappa shape index (κ3) is 4.34. The van der Waals surface area contributed by atoms with Crippen molar-refractivity contribution in [3.63, 3.8) is 0 Å². The van der Waals surface area contributed by atoms with E-state index in [2.05, 4.69) is 0 Å². The second kappa shape index (κ2) is 5.91. The number of aliphatic hydroxyl groups is 1. The fourth-order valence-corrected chi connectivity index (χ4v) is 2.24. The zero-order valence-corrected chi connectivity index (χ0v) is 10.8. The lowest BCUT2D eigenvalue weighted by atomic mass is 10.3. The first-order valence-corrected chi connectivity index (χ1v) is 6.62. The maximum atomic E-state index is 13.3. The maximum absolute atomic E-state index is 13.3. The summed E-state index contributed by atoms with van der Waals surface area (Å²) < 4.78 is 73.9. The van der Waals surface area contributed by atoms with Gasteiger partial charge in [0.1, 0.15) is 0 Å². The number of benzene rings is 1. The number of sulfonamides is 1. The number of rotatable bonds is 5. The van der Waals surface area contributed by atoms with Gasteiger partial charge in [-0.2, -0.15) is 17.6 Å². The highest BCUT2D eigenvalue weighted by Gasteiger charge is 2.38. The number of nitrogens with one attached hydrogen (secondary N) is 1. The predicted molar refractivity (Wildman–Crippen MR) is 60.3 cm³/mol. The number of halogens is 4. The Bertz CT molecular complexity index is 646. The monoisotopic (exact) mass is 332 g/mol. The molecule has 1 aromatic rings. The first-order chi connectivity index (χ1) is 9.45. The third-order valence-electron chi connectivity index (χ3n) is 2.27. The summed E-state index contributed by atoms with van der Waals surface area (Å²) in [7, 11) is -4.55. The SMILES string of the molecule is O=[N+]([O-])c1ccc(S(=O)(=O)NCC(O)C(F)(F)F)cc1F. The Kier molecular flexibility index (Phi) is 4.86. The second-order valence-electron chi connectivity index (χ2n) is 3.78. The molecule has 0 saturated heterocycles. The van der Waals surface area contributed by atoms with Crippen LogP contribution in [0.25, 0.3) is 0 Å². The van der Waals surface area contributed by atoms with Crippen LogP contribution in [0.2, 0.25) is 0 Å². The van der Waals surface area contributed by atoms with Crippen LogP contribution in [-0.4, -0.2) is 37.3 Å². The van der Waals surface area contributed by atoms with Crippen molar-refractivity contribution in [1.29, 1.82) is 0 Å². The van der Waals surface area contributed by atoms with E-state index in [-0.39, 0.29) is 0 Å². The summed E-state index contributed by atoms with van der Waals surface area (Å²) in [5, 5.41) is 19.0. The van der Waals surface area contributed by atoms with E-state index in [1.54, 1.807) is 0 Å². The molecule has 0 aliphatic carbocycles. The van der Waals surface area contributed by atoms with Crippen molar-refractivity contribution in [1.82, 2.24) is 4.72 Å². The number of hydrogen-bond donors (Lipinski definition) is 2. The molecule has 7 nitrogen and oxygen atoms in total. The van der Waals surface area contributed by atoms with Crippen molar-refractivity contribution in [2.24, 2.45) is 0 Å². The average Bonchev–Trinajstić information content (AvgIpc) is 2.34. The van der Waals surface area contributed by atoms with Crippen molar-refractivity contribution in [2.75, 3.05) is 6.54 Å². The van der Waals surface area contributed by atoms with Gasteiger partial charge in [-0.3, -0.25) is 10.1 Å². The van der Waals surface area contributed by atoms with Gasteiger partial charge >= 0.3 is 11.9 Å². The molecule has 0 spiro atoms. The zero-order chi connectivity index (χ0) is 16.4. The quantitative estimate of drug-likeness (QED) is 0.474. The molecule has 118 valence electrons. The lowest BCUT2D eigenvalue weighted by Gasteiger charge is -2.15. The summed E-state index contributed by atoms with van der Waals surface area (Å²) in [5.41, 5.74) is -0.982. The highest BCUT2D eigenvalue weighted by atomic mass is 32.2. The third-order valence-corrected chi connectivity index (χ3v) is 3.69. The Morgan fingerprint density at radius 2 is 1.95 bits per heavy atom. The summed E-state index contributed by atoms with van der Waals surface area (Å²) in [5.74, 6) is -1.46. The molecule has 1 rings (SSSR count). The number of nitro benzene ring substituents is 1. The minimum absolute atomic E-state index is 0.292. The van der Waals surface area contributed by atoms with Gasteiger partial charge in [-0.15, -0.1) is 0 Å². The standard InChI is InChI=1S/C9H8F4N2O5S/c10-6-3-5(1-2-7(6)15(17)18)21(19,20)14-4-8(16)9(11,12)13/h1-3,8,14,16H,4H2. The van der Waals surface area contributed by atoms with Crippen LogP contribution in [0, 0.1) is 15.9 Å². The van der Waals surface area contributed by atoms with E-state index in [0.29, 0.717) is 18.2 Å². The summed E-state index contributed by atoms with van der Waals surface area (Å²) in [6.45, 7) is -1.37. The van der Waals surface area contributed by atoms with Crippen LogP contribution in [0.5, 0.6) is 0 Å². The maximum Gasteiger partial charge on any atom is 0.415 e. The van der Waals surface area contributed by atoms with E-state index in [0.717, 1.165) is 0 Å². The predicted octanol–water partition coefficient (Wildman–Crippen LogP) is 0.935. The highest BCUT2D eigenvalue weighted by Crippen LogP contribution is 2.22. The van der Waals surface area contributed by atoms with Gasteiger partial charge in [-0.25, -0.2) is 13.1 Å². The number of alkyl halides is 3. The van der Waals surface area contributed by atoms with Crippen molar-refractivity contribution in [2.45, 2.75) is 17.2 Å². The van der Waals surface area contributed by atoms with Crippen LogP contribution in [0.3, 0.4) is 0 Å². The second-order valence-corrected chi connectivity index (χ2v) is 5.55. The number of nitrogens with zero attached hydrogens (tertiary/aromatic N) is 1. The van der Waals surface area contributed by atoms with Gasteiger partial charge in [-0.1, -0.05) is 0 Å². The fourth-order valence-electron chi connectivity index (χ4n) is 1.19. The number of nitro groups is 1. The fraction of sp³-hybridized carbons (Fsp3) is 0.333. The van der Waals surface area contributed by atoms with Crippen LogP contribution in [0.1, 0.15) is 0 Å². The molecule has 0 radical (unpaired) electrons. The van der Waals surface area contributed by atoms with E-state index < -0.39 is 50.2 Å². The summed E-state index contributed by atoms with van der Waals surface area (Å²) in [6.07, 6.45) is -7.96. The van der Waals surface area contributed by atoms with E-state index >= 15 is 0 Å². The Morgan fingerprint density at radius 3 is 2.38 bits per heavy atom. The van der Waals surface area contributed by atoms with E-state index in [1.165, 1.54) is 4.72 Å². The Hall–Kier alpha value is -1.79. The molecule has 21 heavy (non-hydrogen) atoms. The van der Waals surface area contributed by atoms with Crippen LogP contribution >= 0.6 is 0 Å². The van der Waals surface area contributed by atoms with Gasteiger partial charge in [0, 0.05) is 18.7 Å². The molecule has 0 heterocycles. The molecule has 0 aromatic heterocycles. The van der Waals surface area contributed by atoms with Crippen molar-refractivity contribution < 1.29 is 36.0 Å². The molecule has 0 saturated carbocycles. The molecule has 0 bridgehead atoms. The van der Waals surface area contributed by atoms with E-state index in [1.807, 2.05) is 0 Å². The first-order valence-electron chi connectivity index (χ1n) is 5.13. The number of aliphatic hydroxyl groups excluding tert-OH is 1. The molecule has 0 aliphatic heterocycles. The molecule has 1 aromatic carbocycles. The normalized spacial score (nSPS) is 14.0. The average molecular weight is 332 g/mol. The molecule has 1 unspecified atom stereocenters. The van der Waals surface area contributed by atoms with Crippen LogP contribution in [0.4, 0.5) is 23.2 Å². The molecular weight excluding hydrogens is 324 g/mol. The van der Waals surface area contributed by atoms with Crippen LogP contribution in [-0.2, 0) is 10.0 Å². The molecule has 2 N–H and O–H groups in total. The summed E-state index contributed by atoms with van der Waals surface area (Å²) in [4.78, 5) is 8.45. The first kappa shape index (κ1) is 17.3. The molecule has 0 fully saturated rings. The topological polar surface area (TPSA) is 110 Å². The summed E-state index contributed by atoms with van der Waals surface area (Å²) >= 11 is 0. The Balaban J connectivity index is 2.94. The minimum atomic E-state index is -5.02. The number of hydrogen-bond acceptors (Lipinski definition) is 5. The Labute approximate surface area is 115 Å². The van der Waals surface area contributed by atoms with Gasteiger partial charge in [0.25, 0.3) is 0 Å². The van der Waals surface area contributed by atoms with Crippen LogP contribution in [0.15, 0.2) is 23.1 Å². The summed E-state index contributed by atoms with van der Waals surface area (Å²) in [6, 6.07) is 1.51.